The van der Waals surface area contributed by atoms with E-state index in [2.05, 4.69) is 46.3 Å². The molecule has 3 aromatic rings. The van der Waals surface area contributed by atoms with E-state index in [4.69, 9.17) is 10.4 Å². The minimum atomic E-state index is -3.81. The number of rotatable bonds is 9. The molecule has 180 valence electrons. The van der Waals surface area contributed by atoms with Crippen LogP contribution in [0.3, 0.4) is 0 Å². The SMILES string of the molecule is NC(=NCCCNc1nonc1C(=Nc1ccc(F)c(Br)c1)NO)NS(=O)(=O)c1ccccc1. The summed E-state index contributed by atoms with van der Waals surface area (Å²) in [5.74, 6) is -0.598. The largest absolute Gasteiger partial charge is 0.369 e. The molecule has 0 fully saturated rings. The number of anilines is 1. The fraction of sp³-hybridized carbons (Fsp3) is 0.158. The van der Waals surface area contributed by atoms with E-state index < -0.39 is 15.8 Å². The molecule has 0 radical (unpaired) electrons. The maximum atomic E-state index is 13.4. The molecule has 12 nitrogen and oxygen atoms in total. The Hall–Kier alpha value is -3.56. The molecule has 6 N–H and O–H groups in total. The highest BCUT2D eigenvalue weighted by molar-refractivity contribution is 9.10. The van der Waals surface area contributed by atoms with Gasteiger partial charge in [-0.05, 0) is 63.0 Å². The van der Waals surface area contributed by atoms with Crippen molar-refractivity contribution in [3.8, 4) is 0 Å². The smallest absolute Gasteiger partial charge is 0.264 e. The monoisotopic (exact) mass is 554 g/mol. The highest BCUT2D eigenvalue weighted by atomic mass is 79.9. The number of guanidine groups is 1. The van der Waals surface area contributed by atoms with Crippen LogP contribution in [0.5, 0.6) is 0 Å². The van der Waals surface area contributed by atoms with E-state index in [1.807, 2.05) is 5.48 Å². The van der Waals surface area contributed by atoms with Crippen LogP contribution in [-0.2, 0) is 10.0 Å². The fourth-order valence-corrected chi connectivity index (χ4v) is 3.93. The number of nitrogens with two attached hydrogens (primary N) is 1. The van der Waals surface area contributed by atoms with E-state index in [0.29, 0.717) is 18.7 Å². The number of aliphatic imine (C=N–C) groups is 2. The Kier molecular flexibility index (Phi) is 8.50. The summed E-state index contributed by atoms with van der Waals surface area (Å²) in [4.78, 5) is 8.23. The molecular weight excluding hydrogens is 535 g/mol. The highest BCUT2D eigenvalue weighted by Crippen LogP contribution is 2.23. The first-order valence-electron chi connectivity index (χ1n) is 9.68. The van der Waals surface area contributed by atoms with Crippen LogP contribution >= 0.6 is 15.9 Å². The molecule has 0 bridgehead atoms. The lowest BCUT2D eigenvalue weighted by Gasteiger charge is -2.07. The predicted molar refractivity (Wildman–Crippen MR) is 126 cm³/mol. The van der Waals surface area contributed by atoms with E-state index in [1.165, 1.54) is 30.3 Å². The topological polar surface area (TPSA) is 180 Å². The van der Waals surface area contributed by atoms with Crippen LogP contribution in [0.1, 0.15) is 12.1 Å². The van der Waals surface area contributed by atoms with Gasteiger partial charge in [0.25, 0.3) is 10.0 Å². The Bertz CT molecular complexity index is 1280. The molecule has 0 aliphatic heterocycles. The number of hydroxylamine groups is 1. The summed E-state index contributed by atoms with van der Waals surface area (Å²) in [5.41, 5.74) is 8.01. The Morgan fingerprint density at radius 1 is 1.21 bits per heavy atom. The Morgan fingerprint density at radius 2 is 1.97 bits per heavy atom. The number of sulfonamides is 1. The quantitative estimate of drug-likeness (QED) is 0.114. The van der Waals surface area contributed by atoms with Crippen LogP contribution in [0, 0.1) is 5.82 Å². The Morgan fingerprint density at radius 3 is 2.68 bits per heavy atom. The number of aromatic nitrogens is 2. The molecule has 0 amide bonds. The first-order chi connectivity index (χ1) is 16.3. The van der Waals surface area contributed by atoms with E-state index in [0.717, 1.165) is 0 Å². The van der Waals surface area contributed by atoms with Gasteiger partial charge in [0.1, 0.15) is 5.82 Å². The van der Waals surface area contributed by atoms with E-state index >= 15 is 0 Å². The van der Waals surface area contributed by atoms with Gasteiger partial charge in [0.05, 0.1) is 15.1 Å². The van der Waals surface area contributed by atoms with Crippen LogP contribution in [0.2, 0.25) is 0 Å². The third-order valence-corrected chi connectivity index (χ3v) is 6.14. The molecule has 0 atom stereocenters. The number of hydrogen-bond acceptors (Lipinski definition) is 9. The summed E-state index contributed by atoms with van der Waals surface area (Å²) in [6.45, 7) is 0.545. The number of benzene rings is 2. The summed E-state index contributed by atoms with van der Waals surface area (Å²) in [5, 5.41) is 19.8. The second-order valence-electron chi connectivity index (χ2n) is 6.60. The van der Waals surface area contributed by atoms with Crippen LogP contribution < -0.4 is 21.3 Å². The zero-order valence-corrected chi connectivity index (χ0v) is 19.8. The van der Waals surface area contributed by atoms with E-state index in [-0.39, 0.29) is 39.2 Å². The van der Waals surface area contributed by atoms with Gasteiger partial charge in [-0.2, -0.15) is 0 Å². The van der Waals surface area contributed by atoms with Crippen molar-refractivity contribution in [3.63, 3.8) is 0 Å². The van der Waals surface area contributed by atoms with Crippen molar-refractivity contribution in [2.45, 2.75) is 11.3 Å². The number of halogens is 2. The lowest BCUT2D eigenvalue weighted by Crippen LogP contribution is -2.36. The summed E-state index contributed by atoms with van der Waals surface area (Å²) in [7, 11) is -3.81. The zero-order valence-electron chi connectivity index (χ0n) is 17.4. The third-order valence-electron chi connectivity index (χ3n) is 4.16. The summed E-state index contributed by atoms with van der Waals surface area (Å²) >= 11 is 3.06. The van der Waals surface area contributed by atoms with Gasteiger partial charge < -0.3 is 11.1 Å². The average Bonchev–Trinajstić information content (AvgIpc) is 3.28. The molecule has 0 unspecified atom stereocenters. The van der Waals surface area contributed by atoms with Crippen molar-refractivity contribution in [1.82, 2.24) is 20.5 Å². The number of amidine groups is 1. The standard InChI is InChI=1S/C19H20BrFN8O4S/c20-14-11-12(7-8-15(14)21)25-18(26-30)16-17(28-33-27-16)23-9-4-10-24-19(22)29-34(31,32)13-5-2-1-3-6-13/h1-3,5-8,11,30H,4,9-10H2,(H,23,28)(H,25,26)(H3,22,24,29). The lowest BCUT2D eigenvalue weighted by atomic mass is 10.3. The number of nitrogens with zero attached hydrogens (tertiary/aromatic N) is 4. The normalized spacial score (nSPS) is 12.4. The fourth-order valence-electron chi connectivity index (χ4n) is 2.59. The van der Waals surface area contributed by atoms with Gasteiger partial charge in [-0.1, -0.05) is 18.2 Å². The first kappa shape index (κ1) is 25.1. The van der Waals surface area contributed by atoms with Crippen molar-refractivity contribution in [1.29, 1.82) is 0 Å². The van der Waals surface area contributed by atoms with Crippen LogP contribution in [0.15, 0.2) is 72.5 Å². The minimum absolute atomic E-state index is 0.0730. The zero-order chi connectivity index (χ0) is 24.6. The molecule has 0 spiro atoms. The van der Waals surface area contributed by atoms with Crippen LogP contribution in [-0.4, -0.2) is 48.8 Å². The Labute approximate surface area is 202 Å². The summed E-state index contributed by atoms with van der Waals surface area (Å²) in [6.07, 6.45) is 0.448. The predicted octanol–water partition coefficient (Wildman–Crippen LogP) is 2.12. The first-order valence-corrected chi connectivity index (χ1v) is 12.0. The van der Waals surface area contributed by atoms with Gasteiger partial charge in [0.2, 0.25) is 11.8 Å². The molecule has 1 heterocycles. The number of nitrogens with one attached hydrogen (secondary N) is 3. The lowest BCUT2D eigenvalue weighted by molar-refractivity contribution is 0.234. The molecule has 2 aromatic carbocycles. The van der Waals surface area contributed by atoms with E-state index in [9.17, 15) is 18.0 Å². The molecule has 1 aromatic heterocycles. The molecule has 34 heavy (non-hydrogen) atoms. The van der Waals surface area contributed by atoms with Gasteiger partial charge >= 0.3 is 0 Å². The van der Waals surface area contributed by atoms with Crippen molar-refractivity contribution in [3.05, 3.63) is 64.5 Å². The molecule has 0 aliphatic rings. The van der Waals surface area contributed by atoms with Gasteiger partial charge in [-0.15, -0.1) is 0 Å². The summed E-state index contributed by atoms with van der Waals surface area (Å²) in [6, 6.07) is 11.8. The average molecular weight is 555 g/mol. The van der Waals surface area contributed by atoms with E-state index in [1.54, 1.807) is 18.2 Å². The molecule has 0 saturated carbocycles. The maximum absolute atomic E-state index is 13.4. The molecular formula is C19H20BrFN8O4S. The molecule has 3 rings (SSSR count). The van der Waals surface area contributed by atoms with Gasteiger partial charge in [0.15, 0.2) is 11.5 Å². The second kappa shape index (κ2) is 11.5. The van der Waals surface area contributed by atoms with Crippen LogP contribution in [0.25, 0.3) is 0 Å². The molecule has 15 heteroatoms. The molecule has 0 aliphatic carbocycles. The second-order valence-corrected chi connectivity index (χ2v) is 9.13. The van der Waals surface area contributed by atoms with Gasteiger partial charge in [-0.25, -0.2) is 27.2 Å². The van der Waals surface area contributed by atoms with Crippen LogP contribution in [0.4, 0.5) is 15.9 Å². The number of hydrogen-bond donors (Lipinski definition) is 5. The van der Waals surface area contributed by atoms with Gasteiger partial charge in [0, 0.05) is 13.1 Å². The maximum Gasteiger partial charge on any atom is 0.264 e. The minimum Gasteiger partial charge on any atom is -0.369 e. The molecule has 0 saturated heterocycles. The van der Waals surface area contributed by atoms with Crippen molar-refractivity contribution < 1.29 is 22.6 Å². The van der Waals surface area contributed by atoms with Gasteiger partial charge in [-0.3, -0.25) is 15.7 Å². The van der Waals surface area contributed by atoms with Crippen molar-refractivity contribution in [2.24, 2.45) is 15.7 Å². The highest BCUT2D eigenvalue weighted by Gasteiger charge is 2.17. The van der Waals surface area contributed by atoms with Crippen molar-refractivity contribution in [2.75, 3.05) is 18.4 Å². The summed E-state index contributed by atoms with van der Waals surface area (Å²) < 4.78 is 45.0. The van der Waals surface area contributed by atoms with Crippen molar-refractivity contribution >= 4 is 49.3 Å². The third kappa shape index (κ3) is 6.72. The Balaban J connectivity index is 1.55.